The van der Waals surface area contributed by atoms with E-state index in [0.29, 0.717) is 35.6 Å². The number of ether oxygens (including phenoxy) is 1. The Bertz CT molecular complexity index is 1050. The van der Waals surface area contributed by atoms with E-state index >= 15 is 0 Å². The molecule has 3 rings (SSSR count). The zero-order valence-electron chi connectivity index (χ0n) is 24.4. The van der Waals surface area contributed by atoms with Crippen LogP contribution in [0.3, 0.4) is 0 Å². The van der Waals surface area contributed by atoms with E-state index in [1.165, 1.54) is 0 Å². The number of rotatable bonds is 17. The molecule has 7 nitrogen and oxygen atoms in total. The first kappa shape index (κ1) is 33.1. The van der Waals surface area contributed by atoms with Gasteiger partial charge in [-0.05, 0) is 67.5 Å². The summed E-state index contributed by atoms with van der Waals surface area (Å²) in [6.07, 6.45) is 6.81. The molecule has 3 unspecified atom stereocenters. The lowest BCUT2D eigenvalue weighted by molar-refractivity contribution is -0.134. The first-order valence-corrected chi connectivity index (χ1v) is 16.2. The minimum atomic E-state index is -0.540. The fourth-order valence-corrected chi connectivity index (χ4v) is 6.97. The number of anilines is 1. The van der Waals surface area contributed by atoms with Crippen LogP contribution in [-0.4, -0.2) is 56.5 Å². The number of nitrogens with one attached hydrogen (secondary N) is 1. The zero-order valence-corrected chi connectivity index (χ0v) is 25.2. The average Bonchev–Trinajstić information content (AvgIpc) is 3.24. The Morgan fingerprint density at radius 1 is 0.976 bits per heavy atom. The van der Waals surface area contributed by atoms with Gasteiger partial charge in [0.15, 0.2) is 0 Å². The highest BCUT2D eigenvalue weighted by molar-refractivity contribution is 8.00. The van der Waals surface area contributed by atoms with Crippen molar-refractivity contribution in [2.75, 3.05) is 11.1 Å². The molecule has 0 saturated heterocycles. The molecule has 0 heterocycles. The third-order valence-corrected chi connectivity index (χ3v) is 9.54. The molecule has 0 spiro atoms. The number of aliphatic hydroxyl groups is 3. The fraction of sp³-hybridized carbons (Fsp3) is 0.576. The van der Waals surface area contributed by atoms with Crippen molar-refractivity contribution in [1.29, 1.82) is 0 Å². The minimum Gasteiger partial charge on any atom is -0.427 e. The first-order chi connectivity index (χ1) is 19.8. The van der Waals surface area contributed by atoms with Gasteiger partial charge >= 0.3 is 5.97 Å². The normalized spacial score (nSPS) is 21.8. The lowest BCUT2D eigenvalue weighted by Gasteiger charge is -2.26. The van der Waals surface area contributed by atoms with Gasteiger partial charge < -0.3 is 25.4 Å². The first-order valence-electron chi connectivity index (χ1n) is 15.1. The SMILES string of the molecule is CCCCC(C)C(O)CS[C@H]1[C@H](O)CC(O)[C@@H]1CCCCCCC(=O)Oc1ccc(NC(=O)c2ccccc2)cc1. The van der Waals surface area contributed by atoms with Crippen molar-refractivity contribution >= 4 is 29.3 Å². The molecule has 1 amide bonds. The van der Waals surface area contributed by atoms with Gasteiger partial charge in [0.1, 0.15) is 5.75 Å². The molecular weight excluding hydrogens is 538 g/mol. The maximum absolute atomic E-state index is 12.3. The molecule has 2 aromatic rings. The lowest BCUT2D eigenvalue weighted by Crippen LogP contribution is -2.28. The summed E-state index contributed by atoms with van der Waals surface area (Å²) in [5, 5.41) is 34.3. The maximum atomic E-state index is 12.3. The summed E-state index contributed by atoms with van der Waals surface area (Å²) >= 11 is 1.61. The van der Waals surface area contributed by atoms with Crippen molar-refractivity contribution in [1.82, 2.24) is 0 Å². The number of aliphatic hydroxyl groups excluding tert-OH is 3. The van der Waals surface area contributed by atoms with Crippen LogP contribution < -0.4 is 10.1 Å². The lowest BCUT2D eigenvalue weighted by atomic mass is 9.97. The Kier molecular flexibility index (Phi) is 14.2. The molecule has 8 heteroatoms. The van der Waals surface area contributed by atoms with Crippen molar-refractivity contribution in [3.8, 4) is 5.75 Å². The molecule has 0 aliphatic heterocycles. The van der Waals surface area contributed by atoms with Crippen LogP contribution >= 0.6 is 11.8 Å². The smallest absolute Gasteiger partial charge is 0.311 e. The van der Waals surface area contributed by atoms with Gasteiger partial charge in [0, 0.05) is 35.1 Å². The number of amides is 1. The van der Waals surface area contributed by atoms with Crippen molar-refractivity contribution in [3.05, 3.63) is 60.2 Å². The summed E-state index contributed by atoms with van der Waals surface area (Å²) in [7, 11) is 0. The summed E-state index contributed by atoms with van der Waals surface area (Å²) < 4.78 is 5.44. The molecule has 4 N–H and O–H groups in total. The highest BCUT2D eigenvalue weighted by Gasteiger charge is 2.41. The summed E-state index contributed by atoms with van der Waals surface area (Å²) in [4.78, 5) is 24.5. The van der Waals surface area contributed by atoms with Gasteiger partial charge in [-0.15, -0.1) is 0 Å². The Labute approximate surface area is 249 Å². The monoisotopic (exact) mass is 585 g/mol. The van der Waals surface area contributed by atoms with E-state index in [1.54, 1.807) is 48.2 Å². The number of carbonyl (C=O) groups is 2. The van der Waals surface area contributed by atoms with Crippen molar-refractivity contribution in [2.24, 2.45) is 11.8 Å². The van der Waals surface area contributed by atoms with E-state index in [-0.39, 0.29) is 29.0 Å². The fourth-order valence-electron chi connectivity index (χ4n) is 5.33. The molecule has 41 heavy (non-hydrogen) atoms. The molecule has 226 valence electrons. The highest BCUT2D eigenvalue weighted by Crippen LogP contribution is 2.39. The van der Waals surface area contributed by atoms with E-state index in [2.05, 4.69) is 19.2 Å². The van der Waals surface area contributed by atoms with Crippen LogP contribution in [0, 0.1) is 11.8 Å². The predicted molar refractivity (Wildman–Crippen MR) is 165 cm³/mol. The standard InChI is InChI=1S/C33H47NO6S/c1-3-4-12-23(2)30(37)22-41-32-27(28(35)21-29(32)36)15-10-5-6-11-16-31(38)40-26-19-17-25(18-20-26)34-33(39)24-13-8-7-9-14-24/h7-9,13-14,17-20,23,27-30,32,35-37H,3-6,10-12,15-16,21-22H2,1-2H3,(H,34,39)/t23?,27-,28?,29+,30?,32+/m0/s1. The molecule has 0 radical (unpaired) electrons. The van der Waals surface area contributed by atoms with Crippen LogP contribution in [-0.2, 0) is 4.79 Å². The van der Waals surface area contributed by atoms with E-state index in [9.17, 15) is 24.9 Å². The van der Waals surface area contributed by atoms with E-state index in [0.717, 1.165) is 51.4 Å². The van der Waals surface area contributed by atoms with Gasteiger partial charge in [0.05, 0.1) is 18.3 Å². The quantitative estimate of drug-likeness (QED) is 0.0990. The molecule has 1 aliphatic rings. The Hall–Kier alpha value is -2.39. The topological polar surface area (TPSA) is 116 Å². The highest BCUT2D eigenvalue weighted by atomic mass is 32.2. The molecule has 0 bridgehead atoms. The summed E-state index contributed by atoms with van der Waals surface area (Å²) in [6, 6.07) is 15.7. The minimum absolute atomic E-state index is 0.0264. The van der Waals surface area contributed by atoms with Gasteiger partial charge in [-0.2, -0.15) is 11.8 Å². The largest absolute Gasteiger partial charge is 0.427 e. The van der Waals surface area contributed by atoms with Crippen LogP contribution in [0.25, 0.3) is 0 Å². The Morgan fingerprint density at radius 3 is 2.39 bits per heavy atom. The van der Waals surface area contributed by atoms with Gasteiger partial charge in [0.2, 0.25) is 0 Å². The second kappa shape index (κ2) is 17.5. The van der Waals surface area contributed by atoms with Gasteiger partial charge in [-0.3, -0.25) is 9.59 Å². The van der Waals surface area contributed by atoms with Crippen LogP contribution in [0.1, 0.15) is 88.4 Å². The maximum Gasteiger partial charge on any atom is 0.311 e. The third kappa shape index (κ3) is 11.1. The van der Waals surface area contributed by atoms with E-state index < -0.39 is 18.3 Å². The summed E-state index contributed by atoms with van der Waals surface area (Å²) in [5.41, 5.74) is 1.19. The van der Waals surface area contributed by atoms with Crippen LogP contribution in [0.2, 0.25) is 0 Å². The van der Waals surface area contributed by atoms with Crippen molar-refractivity contribution < 1.29 is 29.6 Å². The number of unbranched alkanes of at least 4 members (excludes halogenated alkanes) is 4. The number of thioether (sulfide) groups is 1. The molecule has 1 fully saturated rings. The van der Waals surface area contributed by atoms with Crippen LogP contribution in [0.5, 0.6) is 5.75 Å². The molecular formula is C33H47NO6S. The van der Waals surface area contributed by atoms with E-state index in [1.807, 2.05) is 18.2 Å². The molecule has 1 aliphatic carbocycles. The number of hydrogen-bond acceptors (Lipinski definition) is 7. The van der Waals surface area contributed by atoms with Gasteiger partial charge in [-0.1, -0.05) is 64.2 Å². The Morgan fingerprint density at radius 2 is 1.68 bits per heavy atom. The van der Waals surface area contributed by atoms with E-state index in [4.69, 9.17) is 4.74 Å². The third-order valence-electron chi connectivity index (χ3n) is 7.96. The van der Waals surface area contributed by atoms with Crippen LogP contribution in [0.4, 0.5) is 5.69 Å². The summed E-state index contributed by atoms with van der Waals surface area (Å²) in [6.45, 7) is 4.23. The second-order valence-corrected chi connectivity index (χ2v) is 12.5. The molecule has 6 atom stereocenters. The average molecular weight is 586 g/mol. The predicted octanol–water partition coefficient (Wildman–Crippen LogP) is 6.22. The van der Waals surface area contributed by atoms with Crippen molar-refractivity contribution in [3.63, 3.8) is 0 Å². The number of carbonyl (C=O) groups excluding carboxylic acids is 2. The molecule has 2 aromatic carbocycles. The summed E-state index contributed by atoms with van der Waals surface area (Å²) in [5.74, 6) is 0.803. The van der Waals surface area contributed by atoms with Gasteiger partial charge in [0.25, 0.3) is 5.91 Å². The number of benzene rings is 2. The van der Waals surface area contributed by atoms with Crippen LogP contribution in [0.15, 0.2) is 54.6 Å². The Balaban J connectivity index is 1.31. The number of esters is 1. The number of hydrogen-bond donors (Lipinski definition) is 4. The van der Waals surface area contributed by atoms with Crippen molar-refractivity contribution in [2.45, 2.75) is 102 Å². The van der Waals surface area contributed by atoms with Gasteiger partial charge in [-0.25, -0.2) is 0 Å². The zero-order chi connectivity index (χ0) is 29.6. The molecule has 1 saturated carbocycles. The second-order valence-electron chi connectivity index (χ2n) is 11.3. The molecule has 0 aromatic heterocycles.